The molecule has 0 spiro atoms. The lowest BCUT2D eigenvalue weighted by Crippen LogP contribution is -2.45. The first-order valence-corrected chi connectivity index (χ1v) is 6.41. The second-order valence-corrected chi connectivity index (χ2v) is 5.47. The minimum Gasteiger partial charge on any atom is -0.375 e. The lowest BCUT2D eigenvalue weighted by atomic mass is 9.94. The fourth-order valence-electron chi connectivity index (χ4n) is 2.17. The highest BCUT2D eigenvalue weighted by atomic mass is 35.5. The number of pyridine rings is 1. The largest absolute Gasteiger partial charge is 0.375 e. The molecule has 0 aromatic carbocycles. The van der Waals surface area contributed by atoms with E-state index >= 15 is 0 Å². The maximum absolute atomic E-state index is 12.1. The molecule has 0 radical (unpaired) electrons. The predicted octanol–water partition coefficient (Wildman–Crippen LogP) is 2.42. The van der Waals surface area contributed by atoms with Gasteiger partial charge in [0, 0.05) is 18.8 Å². The monoisotopic (exact) mass is 268 g/mol. The lowest BCUT2D eigenvalue weighted by molar-refractivity contribution is -0.0615. The summed E-state index contributed by atoms with van der Waals surface area (Å²) in [5.41, 5.74) is 0.234. The summed E-state index contributed by atoms with van der Waals surface area (Å²) in [4.78, 5) is 16.0. The fraction of sp³-hybridized carbons (Fsp3) is 0.538. The summed E-state index contributed by atoms with van der Waals surface area (Å²) < 4.78 is 5.62. The van der Waals surface area contributed by atoms with Crippen LogP contribution in [0.25, 0.3) is 0 Å². The van der Waals surface area contributed by atoms with E-state index in [1.807, 2.05) is 13.8 Å². The third kappa shape index (κ3) is 3.21. The molecule has 0 saturated carbocycles. The molecular formula is C13H17ClN2O2. The molecule has 1 aliphatic rings. The van der Waals surface area contributed by atoms with Crippen LogP contribution in [0.1, 0.15) is 37.0 Å². The fourth-order valence-corrected chi connectivity index (χ4v) is 2.38. The van der Waals surface area contributed by atoms with E-state index in [4.69, 9.17) is 16.3 Å². The number of carbonyl (C=O) groups is 1. The van der Waals surface area contributed by atoms with Crippen molar-refractivity contribution in [3.05, 3.63) is 29.0 Å². The summed E-state index contributed by atoms with van der Waals surface area (Å²) in [6.45, 7) is 4.73. The normalized spacial score (nSPS) is 22.5. The van der Waals surface area contributed by atoms with Crippen LogP contribution >= 0.6 is 11.6 Å². The van der Waals surface area contributed by atoms with Gasteiger partial charge in [0.1, 0.15) is 5.15 Å². The molecule has 98 valence electrons. The van der Waals surface area contributed by atoms with Gasteiger partial charge in [-0.25, -0.2) is 4.98 Å². The van der Waals surface area contributed by atoms with E-state index in [-0.39, 0.29) is 22.7 Å². The molecule has 2 heterocycles. The van der Waals surface area contributed by atoms with Gasteiger partial charge in [0.2, 0.25) is 0 Å². The lowest BCUT2D eigenvalue weighted by Gasteiger charge is -2.35. The van der Waals surface area contributed by atoms with E-state index in [2.05, 4.69) is 10.3 Å². The minimum absolute atomic E-state index is 0.123. The molecule has 1 aromatic rings. The zero-order valence-electron chi connectivity index (χ0n) is 10.6. The maximum Gasteiger partial charge on any atom is 0.254 e. The number of rotatable bonds is 2. The first kappa shape index (κ1) is 13.3. The van der Waals surface area contributed by atoms with Crippen molar-refractivity contribution in [1.82, 2.24) is 10.3 Å². The number of halogens is 1. The third-order valence-electron chi connectivity index (χ3n) is 3.04. The quantitative estimate of drug-likeness (QED) is 0.838. The average molecular weight is 269 g/mol. The number of aromatic nitrogens is 1. The molecule has 0 bridgehead atoms. The van der Waals surface area contributed by atoms with Crippen molar-refractivity contribution in [2.75, 3.05) is 6.61 Å². The van der Waals surface area contributed by atoms with Crippen molar-refractivity contribution in [3.8, 4) is 0 Å². The molecule has 1 fully saturated rings. The van der Waals surface area contributed by atoms with Gasteiger partial charge in [-0.15, -0.1) is 0 Å². The van der Waals surface area contributed by atoms with Gasteiger partial charge in [0.15, 0.2) is 0 Å². The van der Waals surface area contributed by atoms with Crippen LogP contribution in [-0.2, 0) is 4.74 Å². The smallest absolute Gasteiger partial charge is 0.254 e. The van der Waals surface area contributed by atoms with Crippen molar-refractivity contribution in [3.63, 3.8) is 0 Å². The molecule has 1 saturated heterocycles. The number of carbonyl (C=O) groups excluding carboxylic acids is 1. The Labute approximate surface area is 112 Å². The predicted molar refractivity (Wildman–Crippen MR) is 69.8 cm³/mol. The van der Waals surface area contributed by atoms with Gasteiger partial charge < -0.3 is 10.1 Å². The van der Waals surface area contributed by atoms with Gasteiger partial charge in [-0.1, -0.05) is 11.6 Å². The van der Waals surface area contributed by atoms with Gasteiger partial charge in [-0.2, -0.15) is 0 Å². The Morgan fingerprint density at radius 3 is 3.06 bits per heavy atom. The van der Waals surface area contributed by atoms with Gasteiger partial charge in [0.25, 0.3) is 5.91 Å². The summed E-state index contributed by atoms with van der Waals surface area (Å²) in [7, 11) is 0. The highest BCUT2D eigenvalue weighted by molar-refractivity contribution is 6.32. The van der Waals surface area contributed by atoms with E-state index in [9.17, 15) is 4.79 Å². The highest BCUT2D eigenvalue weighted by Gasteiger charge is 2.30. The Kier molecular flexibility index (Phi) is 3.88. The SMILES string of the molecule is CC1(C)CC(NC(=O)c2cccnc2Cl)CCO1. The first-order chi connectivity index (χ1) is 8.48. The number of ether oxygens (including phenoxy) is 1. The molecule has 1 atom stereocenters. The molecule has 0 aliphatic carbocycles. The number of hydrogen-bond donors (Lipinski definition) is 1. The number of nitrogens with one attached hydrogen (secondary N) is 1. The van der Waals surface area contributed by atoms with Crippen LogP contribution in [0.4, 0.5) is 0 Å². The highest BCUT2D eigenvalue weighted by Crippen LogP contribution is 2.24. The van der Waals surface area contributed by atoms with Crippen LogP contribution in [-0.4, -0.2) is 29.1 Å². The summed E-state index contributed by atoms with van der Waals surface area (Å²) >= 11 is 5.90. The Hall–Kier alpha value is -1.13. The second kappa shape index (κ2) is 5.24. The van der Waals surface area contributed by atoms with Gasteiger partial charge in [0.05, 0.1) is 11.2 Å². The molecule has 4 nitrogen and oxygen atoms in total. The van der Waals surface area contributed by atoms with Crippen molar-refractivity contribution in [2.45, 2.75) is 38.3 Å². The Balaban J connectivity index is 2.02. The summed E-state index contributed by atoms with van der Waals surface area (Å²) in [6, 6.07) is 3.50. The van der Waals surface area contributed by atoms with Crippen LogP contribution in [0.2, 0.25) is 5.15 Å². The minimum atomic E-state index is -0.186. The Morgan fingerprint density at radius 1 is 1.61 bits per heavy atom. The molecule has 1 unspecified atom stereocenters. The van der Waals surface area contributed by atoms with Crippen LogP contribution in [0, 0.1) is 0 Å². The second-order valence-electron chi connectivity index (χ2n) is 5.11. The molecule has 1 N–H and O–H groups in total. The van der Waals surface area contributed by atoms with E-state index < -0.39 is 0 Å². The third-order valence-corrected chi connectivity index (χ3v) is 3.34. The van der Waals surface area contributed by atoms with Crippen LogP contribution in [0.5, 0.6) is 0 Å². The molecule has 5 heteroatoms. The molecule has 1 amide bonds. The molecular weight excluding hydrogens is 252 g/mol. The number of hydrogen-bond acceptors (Lipinski definition) is 3. The first-order valence-electron chi connectivity index (χ1n) is 6.03. The molecule has 1 aliphatic heterocycles. The maximum atomic E-state index is 12.1. The molecule has 1 aromatic heterocycles. The van der Waals surface area contributed by atoms with Crippen LogP contribution < -0.4 is 5.32 Å². The van der Waals surface area contributed by atoms with Gasteiger partial charge in [-0.3, -0.25) is 4.79 Å². The summed E-state index contributed by atoms with van der Waals surface area (Å²) in [5.74, 6) is -0.171. The summed E-state index contributed by atoms with van der Waals surface area (Å²) in [6.07, 6.45) is 3.19. The van der Waals surface area contributed by atoms with E-state index in [1.165, 1.54) is 0 Å². The van der Waals surface area contributed by atoms with Crippen molar-refractivity contribution in [2.24, 2.45) is 0 Å². The molecule has 2 rings (SSSR count). The standard InChI is InChI=1S/C13H17ClN2O2/c1-13(2)8-9(5-7-18-13)16-12(17)10-4-3-6-15-11(10)14/h3-4,6,9H,5,7-8H2,1-2H3,(H,16,17). The molecule has 18 heavy (non-hydrogen) atoms. The van der Waals surface area contributed by atoms with E-state index in [0.717, 1.165) is 12.8 Å². The Bertz CT molecular complexity index is 448. The Morgan fingerprint density at radius 2 is 2.39 bits per heavy atom. The number of nitrogens with zero attached hydrogens (tertiary/aromatic N) is 1. The zero-order chi connectivity index (χ0) is 13.2. The zero-order valence-corrected chi connectivity index (χ0v) is 11.3. The van der Waals surface area contributed by atoms with Crippen molar-refractivity contribution < 1.29 is 9.53 Å². The van der Waals surface area contributed by atoms with Crippen molar-refractivity contribution in [1.29, 1.82) is 0 Å². The van der Waals surface area contributed by atoms with E-state index in [0.29, 0.717) is 12.2 Å². The van der Waals surface area contributed by atoms with Gasteiger partial charge in [-0.05, 0) is 38.8 Å². The topological polar surface area (TPSA) is 51.2 Å². The van der Waals surface area contributed by atoms with Crippen LogP contribution in [0.3, 0.4) is 0 Å². The number of amides is 1. The van der Waals surface area contributed by atoms with E-state index in [1.54, 1.807) is 18.3 Å². The van der Waals surface area contributed by atoms with Crippen molar-refractivity contribution >= 4 is 17.5 Å². The van der Waals surface area contributed by atoms with Crippen LogP contribution in [0.15, 0.2) is 18.3 Å². The average Bonchev–Trinajstić information content (AvgIpc) is 2.28. The summed E-state index contributed by atoms with van der Waals surface area (Å²) in [5, 5.41) is 3.23. The van der Waals surface area contributed by atoms with Gasteiger partial charge >= 0.3 is 0 Å².